The van der Waals surface area contributed by atoms with Crippen molar-refractivity contribution in [2.75, 3.05) is 13.1 Å². The van der Waals surface area contributed by atoms with E-state index >= 15 is 0 Å². The van der Waals surface area contributed by atoms with Crippen LogP contribution in [0.5, 0.6) is 0 Å². The Bertz CT molecular complexity index is 211. The Labute approximate surface area is 85.1 Å². The molecule has 80 valence electrons. The Kier molecular flexibility index (Phi) is 3.06. The fraction of sp³-hybridized carbons (Fsp3) is 0.909. The molecule has 1 saturated heterocycles. The highest BCUT2D eigenvalue weighted by Gasteiger charge is 2.33. The summed E-state index contributed by atoms with van der Waals surface area (Å²) in [5, 5.41) is 8.79. The maximum Gasteiger partial charge on any atom is 0.317 e. The first-order valence-corrected chi connectivity index (χ1v) is 5.73. The number of carboxylic acids is 1. The average Bonchev–Trinajstić information content (AvgIpc) is 2.70. The van der Waals surface area contributed by atoms with Crippen molar-refractivity contribution in [1.82, 2.24) is 4.90 Å². The van der Waals surface area contributed by atoms with Gasteiger partial charge < -0.3 is 5.11 Å². The summed E-state index contributed by atoms with van der Waals surface area (Å²) < 4.78 is 0. The van der Waals surface area contributed by atoms with Crippen molar-refractivity contribution in [3.8, 4) is 0 Å². The lowest BCUT2D eigenvalue weighted by Crippen LogP contribution is -2.38. The van der Waals surface area contributed by atoms with Crippen molar-refractivity contribution in [2.24, 2.45) is 5.92 Å². The number of carbonyl (C=O) groups is 1. The molecule has 2 rings (SSSR count). The second-order valence-electron chi connectivity index (χ2n) is 4.62. The summed E-state index contributed by atoms with van der Waals surface area (Å²) in [4.78, 5) is 12.9. The maximum absolute atomic E-state index is 10.7. The lowest BCUT2D eigenvalue weighted by molar-refractivity contribution is -0.138. The van der Waals surface area contributed by atoms with E-state index in [1.807, 2.05) is 0 Å². The zero-order chi connectivity index (χ0) is 9.97. The minimum atomic E-state index is -0.671. The second kappa shape index (κ2) is 4.30. The molecule has 1 unspecified atom stereocenters. The summed E-state index contributed by atoms with van der Waals surface area (Å²) in [6, 6.07) is 0.577. The zero-order valence-corrected chi connectivity index (χ0v) is 8.61. The molecule has 0 amide bonds. The summed E-state index contributed by atoms with van der Waals surface area (Å²) >= 11 is 0. The van der Waals surface area contributed by atoms with E-state index in [1.165, 1.54) is 38.5 Å². The molecule has 1 aliphatic heterocycles. The third-order valence-electron chi connectivity index (χ3n) is 3.70. The number of aliphatic carboxylic acids is 1. The molecule has 1 aliphatic carbocycles. The van der Waals surface area contributed by atoms with Gasteiger partial charge in [-0.05, 0) is 38.1 Å². The van der Waals surface area contributed by atoms with Crippen LogP contribution in [0.4, 0.5) is 0 Å². The molecule has 0 aromatic carbocycles. The molecule has 0 aromatic heterocycles. The topological polar surface area (TPSA) is 40.5 Å². The van der Waals surface area contributed by atoms with Gasteiger partial charge in [0.25, 0.3) is 0 Å². The molecular weight excluding hydrogens is 178 g/mol. The molecule has 3 nitrogen and oxygen atoms in total. The molecule has 1 saturated carbocycles. The first-order chi connectivity index (χ1) is 6.77. The maximum atomic E-state index is 10.7. The van der Waals surface area contributed by atoms with E-state index in [9.17, 15) is 4.79 Å². The van der Waals surface area contributed by atoms with Crippen LogP contribution in [0.15, 0.2) is 0 Å². The van der Waals surface area contributed by atoms with Gasteiger partial charge in [0.2, 0.25) is 0 Å². The van der Waals surface area contributed by atoms with Crippen molar-refractivity contribution in [1.29, 1.82) is 0 Å². The first kappa shape index (κ1) is 9.97. The monoisotopic (exact) mass is 197 g/mol. The van der Waals surface area contributed by atoms with Gasteiger partial charge in [0, 0.05) is 6.04 Å². The van der Waals surface area contributed by atoms with Gasteiger partial charge in [-0.3, -0.25) is 9.69 Å². The molecule has 2 fully saturated rings. The van der Waals surface area contributed by atoms with E-state index in [0.29, 0.717) is 6.04 Å². The van der Waals surface area contributed by atoms with Gasteiger partial charge >= 0.3 is 5.97 Å². The van der Waals surface area contributed by atoms with E-state index in [4.69, 9.17) is 5.11 Å². The highest BCUT2D eigenvalue weighted by Crippen LogP contribution is 2.35. The fourth-order valence-electron chi connectivity index (χ4n) is 3.10. The Balaban J connectivity index is 1.92. The summed E-state index contributed by atoms with van der Waals surface area (Å²) in [5.74, 6) is 0.117. The normalized spacial score (nSPS) is 29.9. The Morgan fingerprint density at radius 2 is 1.93 bits per heavy atom. The van der Waals surface area contributed by atoms with Gasteiger partial charge in [0.15, 0.2) is 0 Å². The number of carboxylic acid groups (broad SMARTS) is 1. The minimum absolute atomic E-state index is 0.251. The van der Waals surface area contributed by atoms with Gasteiger partial charge in [-0.25, -0.2) is 0 Å². The molecule has 0 bridgehead atoms. The van der Waals surface area contributed by atoms with Crippen molar-refractivity contribution in [3.05, 3.63) is 0 Å². The lowest BCUT2D eigenvalue weighted by Gasteiger charge is -2.27. The van der Waals surface area contributed by atoms with Gasteiger partial charge in [-0.15, -0.1) is 0 Å². The van der Waals surface area contributed by atoms with Gasteiger partial charge in [-0.1, -0.05) is 12.8 Å². The molecule has 0 spiro atoms. The molecule has 0 radical (unpaired) electrons. The Morgan fingerprint density at radius 1 is 1.21 bits per heavy atom. The SMILES string of the molecule is O=C(O)CN1CCCC1C1CCCC1. The number of hydrogen-bond acceptors (Lipinski definition) is 2. The largest absolute Gasteiger partial charge is 0.480 e. The number of nitrogens with zero attached hydrogens (tertiary/aromatic N) is 1. The quantitative estimate of drug-likeness (QED) is 0.749. The van der Waals surface area contributed by atoms with Crippen LogP contribution in [0.1, 0.15) is 38.5 Å². The van der Waals surface area contributed by atoms with E-state index in [-0.39, 0.29) is 6.54 Å². The number of hydrogen-bond donors (Lipinski definition) is 1. The van der Waals surface area contributed by atoms with Crippen molar-refractivity contribution in [2.45, 2.75) is 44.6 Å². The molecule has 1 atom stereocenters. The third kappa shape index (κ3) is 2.08. The molecule has 3 heteroatoms. The summed E-state index contributed by atoms with van der Waals surface area (Å²) in [7, 11) is 0. The molecular formula is C11H19NO2. The average molecular weight is 197 g/mol. The van der Waals surface area contributed by atoms with Gasteiger partial charge in [-0.2, -0.15) is 0 Å². The minimum Gasteiger partial charge on any atom is -0.480 e. The first-order valence-electron chi connectivity index (χ1n) is 5.73. The molecule has 1 N–H and O–H groups in total. The predicted molar refractivity (Wildman–Crippen MR) is 54.2 cm³/mol. The van der Waals surface area contributed by atoms with E-state index in [2.05, 4.69) is 4.90 Å². The van der Waals surface area contributed by atoms with Crippen LogP contribution in [0, 0.1) is 5.92 Å². The van der Waals surface area contributed by atoms with Crippen molar-refractivity contribution < 1.29 is 9.90 Å². The van der Waals surface area contributed by atoms with Crippen molar-refractivity contribution >= 4 is 5.97 Å². The predicted octanol–water partition coefficient (Wildman–Crippen LogP) is 1.73. The van der Waals surface area contributed by atoms with E-state index in [0.717, 1.165) is 12.5 Å². The van der Waals surface area contributed by atoms with Crippen molar-refractivity contribution in [3.63, 3.8) is 0 Å². The van der Waals surface area contributed by atoms with Crippen LogP contribution < -0.4 is 0 Å². The number of rotatable bonds is 3. The third-order valence-corrected chi connectivity index (χ3v) is 3.70. The molecule has 14 heavy (non-hydrogen) atoms. The van der Waals surface area contributed by atoms with Crippen LogP contribution in [0.25, 0.3) is 0 Å². The van der Waals surface area contributed by atoms with E-state index in [1.54, 1.807) is 0 Å². The summed E-state index contributed by atoms with van der Waals surface area (Å²) in [6.07, 6.45) is 7.75. The molecule has 2 aliphatic rings. The highest BCUT2D eigenvalue weighted by atomic mass is 16.4. The highest BCUT2D eigenvalue weighted by molar-refractivity contribution is 5.69. The second-order valence-corrected chi connectivity index (χ2v) is 4.62. The Morgan fingerprint density at radius 3 is 2.57 bits per heavy atom. The zero-order valence-electron chi connectivity index (χ0n) is 8.61. The van der Waals surface area contributed by atoms with Crippen LogP contribution in [0.3, 0.4) is 0 Å². The fourth-order valence-corrected chi connectivity index (χ4v) is 3.10. The van der Waals surface area contributed by atoms with Crippen LogP contribution in [0.2, 0.25) is 0 Å². The molecule has 1 heterocycles. The van der Waals surface area contributed by atoms with Crippen LogP contribution in [-0.4, -0.2) is 35.1 Å². The summed E-state index contributed by atoms with van der Waals surface area (Å²) in [5.41, 5.74) is 0. The van der Waals surface area contributed by atoms with Gasteiger partial charge in [0.1, 0.15) is 0 Å². The lowest BCUT2D eigenvalue weighted by atomic mass is 9.96. The van der Waals surface area contributed by atoms with Gasteiger partial charge in [0.05, 0.1) is 6.54 Å². The standard InChI is InChI=1S/C11H19NO2/c13-11(14)8-12-7-3-6-10(12)9-4-1-2-5-9/h9-10H,1-8H2,(H,13,14). The summed E-state index contributed by atoms with van der Waals surface area (Å²) in [6.45, 7) is 1.24. The smallest absolute Gasteiger partial charge is 0.317 e. The van der Waals surface area contributed by atoms with Crippen LogP contribution >= 0.6 is 0 Å². The van der Waals surface area contributed by atoms with E-state index < -0.39 is 5.97 Å². The van der Waals surface area contributed by atoms with Crippen LogP contribution in [-0.2, 0) is 4.79 Å². The number of likely N-dealkylation sites (tertiary alicyclic amines) is 1. The Hall–Kier alpha value is -0.570. The molecule has 0 aromatic rings.